The molecule has 4 heterocycles. The highest BCUT2D eigenvalue weighted by molar-refractivity contribution is 5.86. The molecule has 0 aromatic carbocycles. The van der Waals surface area contributed by atoms with Crippen molar-refractivity contribution in [1.82, 2.24) is 19.8 Å². The maximum absolute atomic E-state index is 13.3. The van der Waals surface area contributed by atoms with Crippen molar-refractivity contribution < 1.29 is 9.59 Å². The number of amides is 2. The molecule has 2 aliphatic carbocycles. The predicted molar refractivity (Wildman–Crippen MR) is 145 cm³/mol. The normalized spacial score (nSPS) is 21.4. The number of anilines is 3. The third-order valence-corrected chi connectivity index (χ3v) is 8.09. The smallest absolute Gasteiger partial charge is 0.242 e. The molecule has 2 aliphatic heterocycles. The summed E-state index contributed by atoms with van der Waals surface area (Å²) in [6, 6.07) is 6.35. The van der Waals surface area contributed by atoms with Gasteiger partial charge in [0.1, 0.15) is 11.9 Å². The van der Waals surface area contributed by atoms with Gasteiger partial charge in [0, 0.05) is 44.7 Å². The summed E-state index contributed by atoms with van der Waals surface area (Å²) in [7, 11) is 0. The van der Waals surface area contributed by atoms with E-state index in [0.717, 1.165) is 54.7 Å². The van der Waals surface area contributed by atoms with E-state index in [1.807, 2.05) is 17.0 Å². The van der Waals surface area contributed by atoms with E-state index >= 15 is 0 Å². The van der Waals surface area contributed by atoms with Crippen molar-refractivity contribution in [3.63, 3.8) is 0 Å². The van der Waals surface area contributed by atoms with E-state index < -0.39 is 0 Å². The van der Waals surface area contributed by atoms with Crippen LogP contribution >= 0.6 is 0 Å². The van der Waals surface area contributed by atoms with Gasteiger partial charge >= 0.3 is 0 Å². The second-order valence-electron chi connectivity index (χ2n) is 10.9. The summed E-state index contributed by atoms with van der Waals surface area (Å²) in [5.41, 5.74) is 4.11. The second-order valence-corrected chi connectivity index (χ2v) is 10.9. The molecule has 9 heteroatoms. The molecule has 0 bridgehead atoms. The molecule has 38 heavy (non-hydrogen) atoms. The number of nitrogens with one attached hydrogen (secondary N) is 1. The average molecular weight is 512 g/mol. The van der Waals surface area contributed by atoms with Crippen LogP contribution < -0.4 is 10.2 Å². The van der Waals surface area contributed by atoms with E-state index in [4.69, 9.17) is 4.98 Å². The minimum absolute atomic E-state index is 0.0406. The van der Waals surface area contributed by atoms with Gasteiger partial charge in [-0.3, -0.25) is 14.6 Å². The number of likely N-dealkylation sites (tertiary alicyclic amines) is 1. The van der Waals surface area contributed by atoms with Gasteiger partial charge in [0.2, 0.25) is 11.8 Å². The van der Waals surface area contributed by atoms with E-state index in [1.54, 1.807) is 23.4 Å². The first kappa shape index (κ1) is 24.4. The quantitative estimate of drug-likeness (QED) is 0.577. The van der Waals surface area contributed by atoms with Crippen molar-refractivity contribution in [3.8, 4) is 6.07 Å². The Bertz CT molecular complexity index is 1310. The highest BCUT2D eigenvalue weighted by atomic mass is 16.2. The highest BCUT2D eigenvalue weighted by Gasteiger charge is 2.42. The number of pyridine rings is 2. The maximum atomic E-state index is 13.3. The Morgan fingerprint density at radius 1 is 1.18 bits per heavy atom. The summed E-state index contributed by atoms with van der Waals surface area (Å²) in [4.78, 5) is 40.6. The summed E-state index contributed by atoms with van der Waals surface area (Å²) < 4.78 is 0. The monoisotopic (exact) mass is 511 g/mol. The topological polar surface area (TPSA) is 105 Å². The molecule has 1 atom stereocenters. The van der Waals surface area contributed by atoms with Gasteiger partial charge in [-0.05, 0) is 55.7 Å². The van der Waals surface area contributed by atoms with E-state index in [-0.39, 0.29) is 24.4 Å². The molecule has 2 saturated heterocycles. The highest BCUT2D eigenvalue weighted by Crippen LogP contribution is 2.45. The van der Waals surface area contributed by atoms with Gasteiger partial charge in [0.25, 0.3) is 0 Å². The summed E-state index contributed by atoms with van der Waals surface area (Å²) in [6.45, 7) is 6.53. The lowest BCUT2D eigenvalue weighted by molar-refractivity contribution is -0.140. The van der Waals surface area contributed by atoms with Gasteiger partial charge in [-0.25, -0.2) is 4.98 Å². The Hall–Kier alpha value is -3.93. The van der Waals surface area contributed by atoms with Crippen LogP contribution in [0.2, 0.25) is 0 Å². The summed E-state index contributed by atoms with van der Waals surface area (Å²) in [5.74, 6) is 1.68. The van der Waals surface area contributed by atoms with Crippen molar-refractivity contribution in [2.24, 2.45) is 5.92 Å². The van der Waals surface area contributed by atoms with E-state index in [0.29, 0.717) is 55.8 Å². The predicted octanol–water partition coefficient (Wildman–Crippen LogP) is 3.66. The molecule has 2 amide bonds. The molecule has 1 N–H and O–H groups in total. The molecule has 2 saturated carbocycles. The molecular formula is C29H33N7O2. The van der Waals surface area contributed by atoms with Crippen LogP contribution in [0.4, 0.5) is 17.2 Å². The van der Waals surface area contributed by atoms with Crippen LogP contribution in [-0.2, 0) is 9.59 Å². The Balaban J connectivity index is 1.24. The first-order valence-electron chi connectivity index (χ1n) is 13.7. The molecule has 0 unspecified atom stereocenters. The molecule has 196 valence electrons. The second kappa shape index (κ2) is 10.1. The van der Waals surface area contributed by atoms with E-state index in [1.165, 1.54) is 0 Å². The van der Waals surface area contributed by atoms with Crippen LogP contribution in [-0.4, -0.2) is 70.3 Å². The Morgan fingerprint density at radius 3 is 2.71 bits per heavy atom. The number of aromatic nitrogens is 2. The van der Waals surface area contributed by atoms with Gasteiger partial charge in [-0.1, -0.05) is 12.7 Å². The fourth-order valence-corrected chi connectivity index (χ4v) is 5.72. The standard InChI is InChI=1S/C29H33N7O2/c1-2-19-12-23(16-31-15-19)32-24-13-22(14-30)29(33-28(24)21-7-8-21)35-10-11-36(25(17-35)20-5-6-20)27(38)18-34-9-3-4-26(34)37/h2,12-13,15-16,20-21,25,32H,1,3-11,17-18H2/t25-/m0/s1. The third-order valence-electron chi connectivity index (χ3n) is 8.09. The zero-order chi connectivity index (χ0) is 26.2. The lowest BCUT2D eigenvalue weighted by Gasteiger charge is -2.43. The minimum atomic E-state index is 0.0406. The van der Waals surface area contributed by atoms with Gasteiger partial charge in [-0.2, -0.15) is 5.26 Å². The fourth-order valence-electron chi connectivity index (χ4n) is 5.72. The maximum Gasteiger partial charge on any atom is 0.242 e. The number of carbonyl (C=O) groups excluding carboxylic acids is 2. The fraction of sp³-hybridized carbons (Fsp3) is 0.483. The van der Waals surface area contributed by atoms with Crippen molar-refractivity contribution in [2.75, 3.05) is 42.9 Å². The zero-order valence-corrected chi connectivity index (χ0v) is 21.6. The summed E-state index contributed by atoms with van der Waals surface area (Å²) in [5, 5.41) is 13.5. The number of hydrogen-bond donors (Lipinski definition) is 1. The third kappa shape index (κ3) is 4.95. The van der Waals surface area contributed by atoms with E-state index in [9.17, 15) is 14.9 Å². The molecule has 2 aromatic rings. The largest absolute Gasteiger partial charge is 0.353 e. The molecule has 4 aliphatic rings. The van der Waals surface area contributed by atoms with E-state index in [2.05, 4.69) is 27.8 Å². The molecule has 2 aromatic heterocycles. The lowest BCUT2D eigenvalue weighted by atomic mass is 10.0. The first-order chi connectivity index (χ1) is 18.5. The molecule has 4 fully saturated rings. The van der Waals surface area contributed by atoms with Crippen LogP contribution in [0.5, 0.6) is 0 Å². The van der Waals surface area contributed by atoms with Crippen LogP contribution in [0.25, 0.3) is 6.08 Å². The average Bonchev–Trinajstić information content (AvgIpc) is 3.87. The first-order valence-corrected chi connectivity index (χ1v) is 13.7. The molecular weight excluding hydrogens is 478 g/mol. The minimum Gasteiger partial charge on any atom is -0.353 e. The van der Waals surface area contributed by atoms with Crippen LogP contribution in [0.15, 0.2) is 31.1 Å². The summed E-state index contributed by atoms with van der Waals surface area (Å²) in [6.07, 6.45) is 11.0. The van der Waals surface area contributed by atoms with Crippen LogP contribution in [0, 0.1) is 17.2 Å². The van der Waals surface area contributed by atoms with Gasteiger partial charge in [-0.15, -0.1) is 0 Å². The van der Waals surface area contributed by atoms with Crippen molar-refractivity contribution in [3.05, 3.63) is 47.9 Å². The van der Waals surface area contributed by atoms with Gasteiger partial charge in [0.05, 0.1) is 41.4 Å². The van der Waals surface area contributed by atoms with Crippen molar-refractivity contribution in [2.45, 2.75) is 50.5 Å². The Labute approximate surface area is 223 Å². The number of nitrogens with zero attached hydrogens (tertiary/aromatic N) is 6. The Morgan fingerprint density at radius 2 is 2.03 bits per heavy atom. The van der Waals surface area contributed by atoms with Crippen LogP contribution in [0.3, 0.4) is 0 Å². The number of hydrogen-bond acceptors (Lipinski definition) is 7. The van der Waals surface area contributed by atoms with Crippen LogP contribution in [0.1, 0.15) is 61.3 Å². The lowest BCUT2D eigenvalue weighted by Crippen LogP contribution is -2.58. The van der Waals surface area contributed by atoms with Gasteiger partial charge in [0.15, 0.2) is 0 Å². The number of piperazine rings is 1. The zero-order valence-electron chi connectivity index (χ0n) is 21.6. The molecule has 0 radical (unpaired) electrons. The molecule has 0 spiro atoms. The van der Waals surface area contributed by atoms with Crippen molar-refractivity contribution in [1.29, 1.82) is 5.26 Å². The summed E-state index contributed by atoms with van der Waals surface area (Å²) >= 11 is 0. The van der Waals surface area contributed by atoms with Crippen molar-refractivity contribution >= 4 is 35.1 Å². The number of carbonyl (C=O) groups is 2. The number of rotatable bonds is 8. The molecule has 9 nitrogen and oxygen atoms in total. The number of nitriles is 1. The molecule has 6 rings (SSSR count). The SMILES string of the molecule is C=Cc1cncc(Nc2cc(C#N)c(N3CCN(C(=O)CN4CCCC4=O)[C@H](C4CC4)C3)nc2C2CC2)c1. The van der Waals surface area contributed by atoms with Gasteiger partial charge < -0.3 is 20.0 Å². The Kier molecular flexibility index (Phi) is 6.48.